The summed E-state index contributed by atoms with van der Waals surface area (Å²) in [5, 5.41) is 9.27. The summed E-state index contributed by atoms with van der Waals surface area (Å²) >= 11 is 5.75. The highest BCUT2D eigenvalue weighted by molar-refractivity contribution is 6.30. The third-order valence-electron chi connectivity index (χ3n) is 2.66. The number of ether oxygens (including phenoxy) is 2. The van der Waals surface area contributed by atoms with Crippen LogP contribution in [0.25, 0.3) is 0 Å². The van der Waals surface area contributed by atoms with Crippen LogP contribution in [-0.4, -0.2) is 12.1 Å². The summed E-state index contributed by atoms with van der Waals surface area (Å²) in [7, 11) is 0. The number of esters is 1. The fraction of sp³-hybridized carbons (Fsp3) is 0.125. The van der Waals surface area contributed by atoms with Crippen LogP contribution in [0.5, 0.6) is 11.5 Å². The van der Waals surface area contributed by atoms with Crippen molar-refractivity contribution in [3.63, 3.8) is 0 Å². The Bertz CT molecular complexity index is 659. The molecule has 2 aromatic rings. The molecule has 2 aromatic carbocycles. The predicted molar refractivity (Wildman–Crippen MR) is 78.3 cm³/mol. The molecule has 0 aliphatic carbocycles. The molecule has 4 nitrogen and oxygen atoms in total. The summed E-state index contributed by atoms with van der Waals surface area (Å²) in [5.41, 5.74) is 0.527. The molecule has 0 bridgehead atoms. The van der Waals surface area contributed by atoms with E-state index in [0.717, 1.165) is 0 Å². The van der Waals surface area contributed by atoms with Crippen molar-refractivity contribution < 1.29 is 14.3 Å². The van der Waals surface area contributed by atoms with Gasteiger partial charge in [0.25, 0.3) is 0 Å². The predicted octanol–water partition coefficient (Wildman–Crippen LogP) is 3.58. The Hall–Kier alpha value is -2.51. The van der Waals surface area contributed by atoms with E-state index >= 15 is 0 Å². The second-order valence-corrected chi connectivity index (χ2v) is 4.71. The number of nitriles is 1. The molecule has 0 aliphatic rings. The first-order chi connectivity index (χ1) is 10.1. The van der Waals surface area contributed by atoms with Crippen LogP contribution in [0.1, 0.15) is 12.5 Å². The number of nitrogens with zero attached hydrogens (tertiary/aromatic N) is 1. The van der Waals surface area contributed by atoms with E-state index in [1.165, 1.54) is 0 Å². The molecular weight excluding hydrogens is 290 g/mol. The Labute approximate surface area is 127 Å². The monoisotopic (exact) mass is 301 g/mol. The van der Waals surface area contributed by atoms with Crippen molar-refractivity contribution >= 4 is 17.6 Å². The zero-order valence-corrected chi connectivity index (χ0v) is 12.0. The van der Waals surface area contributed by atoms with Crippen molar-refractivity contribution in [1.29, 1.82) is 5.26 Å². The lowest BCUT2D eigenvalue weighted by Gasteiger charge is -2.13. The quantitative estimate of drug-likeness (QED) is 0.639. The van der Waals surface area contributed by atoms with Crippen molar-refractivity contribution in [1.82, 2.24) is 0 Å². The van der Waals surface area contributed by atoms with Gasteiger partial charge >= 0.3 is 5.97 Å². The van der Waals surface area contributed by atoms with E-state index in [-0.39, 0.29) is 0 Å². The van der Waals surface area contributed by atoms with Gasteiger partial charge in [0.15, 0.2) is 6.10 Å². The van der Waals surface area contributed by atoms with Gasteiger partial charge in [-0.05, 0) is 55.5 Å². The zero-order chi connectivity index (χ0) is 15.2. The Morgan fingerprint density at radius 3 is 2.24 bits per heavy atom. The minimum Gasteiger partial charge on any atom is -0.479 e. The van der Waals surface area contributed by atoms with Gasteiger partial charge in [0.1, 0.15) is 11.5 Å². The first-order valence-corrected chi connectivity index (χ1v) is 6.60. The molecule has 0 amide bonds. The van der Waals surface area contributed by atoms with Crippen LogP contribution in [0.4, 0.5) is 0 Å². The molecule has 0 fully saturated rings. The summed E-state index contributed by atoms with van der Waals surface area (Å²) in [4.78, 5) is 11.9. The molecule has 106 valence electrons. The standard InChI is InChI=1S/C16H12ClNO3/c1-11(20-14-6-2-12(10-18)3-7-14)16(19)21-15-8-4-13(17)5-9-15/h2-9,11H,1H3. The maximum atomic E-state index is 11.9. The van der Waals surface area contributed by atoms with Crippen LogP contribution in [-0.2, 0) is 4.79 Å². The van der Waals surface area contributed by atoms with Gasteiger partial charge in [-0.15, -0.1) is 0 Å². The van der Waals surface area contributed by atoms with Crippen LogP contribution in [0, 0.1) is 11.3 Å². The van der Waals surface area contributed by atoms with E-state index in [1.807, 2.05) is 6.07 Å². The molecule has 2 rings (SSSR count). The second kappa shape index (κ2) is 6.78. The van der Waals surface area contributed by atoms with Crippen LogP contribution in [0.2, 0.25) is 5.02 Å². The van der Waals surface area contributed by atoms with E-state index in [1.54, 1.807) is 55.5 Å². The summed E-state index contributed by atoms with van der Waals surface area (Å²) in [5.74, 6) is 0.385. The van der Waals surface area contributed by atoms with Crippen molar-refractivity contribution in [3.8, 4) is 17.6 Å². The van der Waals surface area contributed by atoms with Crippen LogP contribution in [0.3, 0.4) is 0 Å². The Morgan fingerprint density at radius 1 is 1.10 bits per heavy atom. The minimum absolute atomic E-state index is 0.402. The molecule has 0 radical (unpaired) electrons. The Kier molecular flexibility index (Phi) is 4.81. The van der Waals surface area contributed by atoms with E-state index in [4.69, 9.17) is 26.3 Å². The van der Waals surface area contributed by atoms with Gasteiger partial charge in [0.2, 0.25) is 0 Å². The minimum atomic E-state index is -0.770. The Morgan fingerprint density at radius 2 is 1.67 bits per heavy atom. The second-order valence-electron chi connectivity index (χ2n) is 4.27. The van der Waals surface area contributed by atoms with Gasteiger partial charge in [0, 0.05) is 5.02 Å². The highest BCUT2D eigenvalue weighted by atomic mass is 35.5. The SMILES string of the molecule is CC(Oc1ccc(C#N)cc1)C(=O)Oc1ccc(Cl)cc1. The normalized spacial score (nSPS) is 11.3. The van der Waals surface area contributed by atoms with E-state index in [0.29, 0.717) is 22.1 Å². The fourth-order valence-corrected chi connectivity index (χ4v) is 1.69. The van der Waals surface area contributed by atoms with Gasteiger partial charge in [0.05, 0.1) is 11.6 Å². The average molecular weight is 302 g/mol. The molecule has 5 heteroatoms. The molecule has 0 aromatic heterocycles. The molecule has 0 saturated heterocycles. The molecule has 0 spiro atoms. The number of carbonyl (C=O) groups is 1. The first kappa shape index (κ1) is 14.9. The van der Waals surface area contributed by atoms with E-state index in [9.17, 15) is 4.79 Å². The summed E-state index contributed by atoms with van der Waals surface area (Å²) in [6.45, 7) is 1.59. The first-order valence-electron chi connectivity index (χ1n) is 6.22. The van der Waals surface area contributed by atoms with Crippen LogP contribution in [0.15, 0.2) is 48.5 Å². The molecular formula is C16H12ClNO3. The van der Waals surface area contributed by atoms with Crippen molar-refractivity contribution in [2.24, 2.45) is 0 Å². The largest absolute Gasteiger partial charge is 0.479 e. The fourth-order valence-electron chi connectivity index (χ4n) is 1.56. The molecule has 21 heavy (non-hydrogen) atoms. The number of carbonyl (C=O) groups excluding carboxylic acids is 1. The highest BCUT2D eigenvalue weighted by Gasteiger charge is 2.17. The van der Waals surface area contributed by atoms with Gasteiger partial charge < -0.3 is 9.47 Å². The van der Waals surface area contributed by atoms with Gasteiger partial charge in [-0.1, -0.05) is 11.6 Å². The maximum absolute atomic E-state index is 11.9. The smallest absolute Gasteiger partial charge is 0.352 e. The molecule has 0 saturated carbocycles. The summed E-state index contributed by atoms with van der Waals surface area (Å²) in [6.07, 6.45) is -0.770. The Balaban J connectivity index is 1.95. The van der Waals surface area contributed by atoms with Gasteiger partial charge in [-0.2, -0.15) is 5.26 Å². The molecule has 0 heterocycles. The third kappa shape index (κ3) is 4.23. The lowest BCUT2D eigenvalue weighted by atomic mass is 10.2. The lowest BCUT2D eigenvalue weighted by Crippen LogP contribution is -2.28. The van der Waals surface area contributed by atoms with E-state index < -0.39 is 12.1 Å². The summed E-state index contributed by atoms with van der Waals surface area (Å²) in [6, 6.07) is 15.0. The highest BCUT2D eigenvalue weighted by Crippen LogP contribution is 2.18. The third-order valence-corrected chi connectivity index (χ3v) is 2.91. The molecule has 1 atom stereocenters. The van der Waals surface area contributed by atoms with Crippen molar-refractivity contribution in [3.05, 3.63) is 59.1 Å². The molecule has 0 aliphatic heterocycles. The van der Waals surface area contributed by atoms with Crippen LogP contribution >= 0.6 is 11.6 Å². The van der Waals surface area contributed by atoms with Crippen molar-refractivity contribution in [2.45, 2.75) is 13.0 Å². The number of hydrogen-bond donors (Lipinski definition) is 0. The molecule has 0 N–H and O–H groups in total. The number of benzene rings is 2. The molecule has 1 unspecified atom stereocenters. The maximum Gasteiger partial charge on any atom is 0.352 e. The number of rotatable bonds is 4. The lowest BCUT2D eigenvalue weighted by molar-refractivity contribution is -0.141. The van der Waals surface area contributed by atoms with E-state index in [2.05, 4.69) is 0 Å². The summed E-state index contributed by atoms with van der Waals surface area (Å²) < 4.78 is 10.6. The van der Waals surface area contributed by atoms with Crippen molar-refractivity contribution in [2.75, 3.05) is 0 Å². The van der Waals surface area contributed by atoms with Gasteiger partial charge in [-0.25, -0.2) is 4.79 Å². The topological polar surface area (TPSA) is 59.3 Å². The zero-order valence-electron chi connectivity index (χ0n) is 11.2. The van der Waals surface area contributed by atoms with Crippen LogP contribution < -0.4 is 9.47 Å². The number of halogens is 1. The number of hydrogen-bond acceptors (Lipinski definition) is 4. The van der Waals surface area contributed by atoms with Gasteiger partial charge in [-0.3, -0.25) is 0 Å². The average Bonchev–Trinajstić information content (AvgIpc) is 2.50.